The first-order valence-electron chi connectivity index (χ1n) is 6.03. The van der Waals surface area contributed by atoms with Crippen LogP contribution in [-0.4, -0.2) is 24.5 Å². The number of unbranched alkanes of at least 4 members (excludes halogenated alkanes) is 4. The lowest BCUT2D eigenvalue weighted by atomic mass is 10.2. The van der Waals surface area contributed by atoms with Crippen molar-refractivity contribution in [2.24, 2.45) is 0 Å². The summed E-state index contributed by atoms with van der Waals surface area (Å²) in [6.07, 6.45) is 6.38. The van der Waals surface area contributed by atoms with E-state index in [9.17, 15) is 0 Å². The second-order valence-corrected chi connectivity index (χ2v) is 3.63. The minimum absolute atomic E-state index is 0.945. The maximum atomic E-state index is 3.25. The van der Waals surface area contributed by atoms with Crippen LogP contribution >= 0.6 is 0 Å². The highest BCUT2D eigenvalue weighted by atomic mass is 15.1. The fourth-order valence-electron chi connectivity index (χ4n) is 1.34. The molecule has 0 aromatic heterocycles. The minimum atomic E-state index is 0.945. The Hall–Kier alpha value is -0.480. The van der Waals surface area contributed by atoms with Gasteiger partial charge in [0.05, 0.1) is 6.54 Å². The van der Waals surface area contributed by atoms with Gasteiger partial charge in [0.25, 0.3) is 0 Å². The fourth-order valence-corrected chi connectivity index (χ4v) is 1.34. The zero-order valence-electron chi connectivity index (χ0n) is 10.1. The van der Waals surface area contributed by atoms with Gasteiger partial charge in [0.15, 0.2) is 0 Å². The quantitative estimate of drug-likeness (QED) is 0.445. The van der Waals surface area contributed by atoms with E-state index in [1.165, 1.54) is 25.7 Å². The molecular weight excluding hydrogens is 170 g/mol. The van der Waals surface area contributed by atoms with Crippen molar-refractivity contribution < 1.29 is 0 Å². The molecule has 0 radical (unpaired) electrons. The molecule has 0 aliphatic heterocycles. The van der Waals surface area contributed by atoms with Crippen LogP contribution in [0.25, 0.3) is 0 Å². The SMILES string of the molecule is CCCCCCC#CCN(CC)CC. The van der Waals surface area contributed by atoms with E-state index in [2.05, 4.69) is 37.5 Å². The van der Waals surface area contributed by atoms with E-state index in [4.69, 9.17) is 0 Å². The van der Waals surface area contributed by atoms with Gasteiger partial charge in [-0.25, -0.2) is 0 Å². The van der Waals surface area contributed by atoms with Gasteiger partial charge in [0.2, 0.25) is 0 Å². The summed E-state index contributed by atoms with van der Waals surface area (Å²) in [6, 6.07) is 0. The van der Waals surface area contributed by atoms with Crippen molar-refractivity contribution in [2.45, 2.75) is 52.9 Å². The van der Waals surface area contributed by atoms with Crippen molar-refractivity contribution in [3.63, 3.8) is 0 Å². The summed E-state index contributed by atoms with van der Waals surface area (Å²) in [7, 11) is 0. The lowest BCUT2D eigenvalue weighted by Crippen LogP contribution is -2.22. The van der Waals surface area contributed by atoms with Crippen LogP contribution in [-0.2, 0) is 0 Å². The summed E-state index contributed by atoms with van der Waals surface area (Å²) in [4.78, 5) is 2.35. The lowest BCUT2D eigenvalue weighted by Gasteiger charge is -2.13. The van der Waals surface area contributed by atoms with Gasteiger partial charge in [0, 0.05) is 6.42 Å². The van der Waals surface area contributed by atoms with E-state index < -0.39 is 0 Å². The molecule has 0 aliphatic rings. The summed E-state index contributed by atoms with van der Waals surface area (Å²) < 4.78 is 0. The average molecular weight is 195 g/mol. The Morgan fingerprint density at radius 3 is 2.14 bits per heavy atom. The van der Waals surface area contributed by atoms with E-state index in [0.29, 0.717) is 0 Å². The summed E-state index contributed by atoms with van der Waals surface area (Å²) in [5.41, 5.74) is 0. The van der Waals surface area contributed by atoms with Crippen molar-refractivity contribution >= 4 is 0 Å². The molecule has 0 bridgehead atoms. The van der Waals surface area contributed by atoms with Gasteiger partial charge in [-0.2, -0.15) is 0 Å². The van der Waals surface area contributed by atoms with Gasteiger partial charge < -0.3 is 0 Å². The van der Waals surface area contributed by atoms with Crippen LogP contribution in [0.3, 0.4) is 0 Å². The number of rotatable bonds is 7. The molecule has 1 nitrogen and oxygen atoms in total. The number of nitrogens with zero attached hydrogens (tertiary/aromatic N) is 1. The normalized spacial score (nSPS) is 10.0. The summed E-state index contributed by atoms with van der Waals surface area (Å²) >= 11 is 0. The molecule has 0 fully saturated rings. The molecule has 0 spiro atoms. The zero-order chi connectivity index (χ0) is 10.6. The highest BCUT2D eigenvalue weighted by Gasteiger charge is 1.92. The van der Waals surface area contributed by atoms with Crippen LogP contribution in [0.1, 0.15) is 52.9 Å². The molecule has 0 aromatic carbocycles. The van der Waals surface area contributed by atoms with Crippen LogP contribution in [0.4, 0.5) is 0 Å². The van der Waals surface area contributed by atoms with Crippen molar-refractivity contribution in [3.05, 3.63) is 0 Å². The second kappa shape index (κ2) is 10.6. The van der Waals surface area contributed by atoms with Gasteiger partial charge in [-0.05, 0) is 19.5 Å². The molecule has 82 valence electrons. The third-order valence-corrected chi connectivity index (χ3v) is 2.48. The van der Waals surface area contributed by atoms with E-state index in [1.807, 2.05) is 0 Å². The van der Waals surface area contributed by atoms with Gasteiger partial charge in [-0.15, -0.1) is 5.92 Å². The molecular formula is C13H25N. The molecule has 0 amide bonds. The molecule has 0 aromatic rings. The van der Waals surface area contributed by atoms with Crippen molar-refractivity contribution in [3.8, 4) is 11.8 Å². The van der Waals surface area contributed by atoms with E-state index in [1.54, 1.807) is 0 Å². The topological polar surface area (TPSA) is 3.24 Å². The molecule has 0 saturated heterocycles. The Morgan fingerprint density at radius 2 is 1.57 bits per heavy atom. The highest BCUT2D eigenvalue weighted by molar-refractivity contribution is 5.00. The molecule has 0 unspecified atom stereocenters. The lowest BCUT2D eigenvalue weighted by molar-refractivity contribution is 0.342. The third-order valence-electron chi connectivity index (χ3n) is 2.48. The highest BCUT2D eigenvalue weighted by Crippen LogP contribution is 2.00. The minimum Gasteiger partial charge on any atom is -0.293 e. The van der Waals surface area contributed by atoms with Crippen molar-refractivity contribution in [2.75, 3.05) is 19.6 Å². The van der Waals surface area contributed by atoms with E-state index in [0.717, 1.165) is 26.1 Å². The molecule has 14 heavy (non-hydrogen) atoms. The molecule has 0 heterocycles. The second-order valence-electron chi connectivity index (χ2n) is 3.63. The molecule has 0 atom stereocenters. The van der Waals surface area contributed by atoms with E-state index in [-0.39, 0.29) is 0 Å². The van der Waals surface area contributed by atoms with Crippen molar-refractivity contribution in [1.29, 1.82) is 0 Å². The number of hydrogen-bond donors (Lipinski definition) is 0. The zero-order valence-corrected chi connectivity index (χ0v) is 10.1. The molecule has 1 heteroatoms. The smallest absolute Gasteiger partial charge is 0.0601 e. The Bertz CT molecular complexity index is 160. The largest absolute Gasteiger partial charge is 0.293 e. The van der Waals surface area contributed by atoms with Gasteiger partial charge >= 0.3 is 0 Å². The summed E-state index contributed by atoms with van der Waals surface area (Å²) in [5, 5.41) is 0. The molecule has 0 saturated carbocycles. The first kappa shape index (κ1) is 13.5. The predicted octanol–water partition coefficient (Wildman–Crippen LogP) is 3.30. The third kappa shape index (κ3) is 8.13. The Kier molecular flexibility index (Phi) is 10.2. The maximum absolute atomic E-state index is 3.25. The van der Waals surface area contributed by atoms with Gasteiger partial charge in [-0.1, -0.05) is 46.0 Å². The Morgan fingerprint density at radius 1 is 0.857 bits per heavy atom. The van der Waals surface area contributed by atoms with Gasteiger partial charge in [-0.3, -0.25) is 4.90 Å². The fraction of sp³-hybridized carbons (Fsp3) is 0.846. The first-order valence-corrected chi connectivity index (χ1v) is 6.03. The monoisotopic (exact) mass is 195 g/mol. The average Bonchev–Trinajstić information content (AvgIpc) is 2.22. The predicted molar refractivity (Wildman–Crippen MR) is 64.3 cm³/mol. The summed E-state index contributed by atoms with van der Waals surface area (Å²) in [6.45, 7) is 9.79. The van der Waals surface area contributed by atoms with Crippen LogP contribution in [0, 0.1) is 11.8 Å². The molecule has 0 N–H and O–H groups in total. The van der Waals surface area contributed by atoms with Crippen LogP contribution in [0.5, 0.6) is 0 Å². The van der Waals surface area contributed by atoms with Crippen LogP contribution in [0.2, 0.25) is 0 Å². The van der Waals surface area contributed by atoms with Gasteiger partial charge in [0.1, 0.15) is 0 Å². The van der Waals surface area contributed by atoms with E-state index >= 15 is 0 Å². The maximum Gasteiger partial charge on any atom is 0.0601 e. The van der Waals surface area contributed by atoms with Crippen LogP contribution < -0.4 is 0 Å². The standard InChI is InChI=1S/C13H25N/c1-4-7-8-9-10-11-12-13-14(5-2)6-3/h4-10,13H2,1-3H3. The molecule has 0 rings (SSSR count). The van der Waals surface area contributed by atoms with Crippen LogP contribution in [0.15, 0.2) is 0 Å². The first-order chi connectivity index (χ1) is 6.85. The Labute approximate surface area is 89.9 Å². The summed E-state index contributed by atoms with van der Waals surface area (Å²) in [5.74, 6) is 6.49. The molecule has 0 aliphatic carbocycles. The number of hydrogen-bond acceptors (Lipinski definition) is 1. The van der Waals surface area contributed by atoms with Crippen molar-refractivity contribution in [1.82, 2.24) is 4.90 Å². The Balaban J connectivity index is 3.33.